The molecule has 0 radical (unpaired) electrons. The zero-order valence-corrected chi connectivity index (χ0v) is 9.00. The van der Waals surface area contributed by atoms with Crippen molar-refractivity contribution in [1.29, 1.82) is 0 Å². The van der Waals surface area contributed by atoms with E-state index in [1.54, 1.807) is 30.3 Å². The van der Waals surface area contributed by atoms with Gasteiger partial charge < -0.3 is 0 Å². The molecule has 0 aliphatic carbocycles. The van der Waals surface area contributed by atoms with Gasteiger partial charge in [0.15, 0.2) is 0 Å². The first-order valence-corrected chi connectivity index (χ1v) is 4.68. The van der Waals surface area contributed by atoms with Gasteiger partial charge in [-0.3, -0.25) is 4.55 Å². The van der Waals surface area contributed by atoms with Crippen molar-refractivity contribution in [3.8, 4) is 0 Å². The molecule has 0 unspecified atom stereocenters. The van der Waals surface area contributed by atoms with Gasteiger partial charge in [0.1, 0.15) is 5.75 Å². The molecule has 1 aromatic carbocycles. The molecule has 0 heterocycles. The monoisotopic (exact) mass is 270 g/mol. The maximum Gasteiger partial charge on any atom is 0.269 e. The van der Waals surface area contributed by atoms with E-state index in [9.17, 15) is 8.42 Å². The topological polar surface area (TPSA) is 54.4 Å². The van der Waals surface area contributed by atoms with Crippen LogP contribution < -0.4 is 0 Å². The van der Waals surface area contributed by atoms with Gasteiger partial charge in [0.2, 0.25) is 0 Å². The third-order valence-corrected chi connectivity index (χ3v) is 1.89. The molecule has 1 N–H and O–H groups in total. The number of rotatable bonds is 2. The summed E-state index contributed by atoms with van der Waals surface area (Å²) in [5.41, 5.74) is 0.593. The Balaban J connectivity index is 0.00000121. The summed E-state index contributed by atoms with van der Waals surface area (Å²) in [6.07, 6.45) is 0. The van der Waals surface area contributed by atoms with Crippen molar-refractivity contribution in [3.05, 3.63) is 35.9 Å². The molecule has 12 heavy (non-hydrogen) atoms. The molecule has 0 aliphatic rings. The van der Waals surface area contributed by atoms with Crippen LogP contribution in [0.25, 0.3) is 0 Å². The van der Waals surface area contributed by atoms with E-state index in [1.165, 1.54) is 0 Å². The maximum atomic E-state index is 10.4. The maximum absolute atomic E-state index is 10.4. The number of benzene rings is 1. The van der Waals surface area contributed by atoms with E-state index < -0.39 is 10.1 Å². The van der Waals surface area contributed by atoms with E-state index in [0.29, 0.717) is 5.56 Å². The van der Waals surface area contributed by atoms with E-state index in [2.05, 4.69) is 0 Å². The minimum absolute atomic E-state index is 0. The van der Waals surface area contributed by atoms with Crippen LogP contribution in [-0.2, 0) is 36.9 Å². The van der Waals surface area contributed by atoms with Crippen LogP contribution >= 0.6 is 0 Å². The Kier molecular flexibility index (Phi) is 4.68. The second-order valence-corrected chi connectivity index (χ2v) is 3.66. The Morgan fingerprint density at radius 3 is 2.08 bits per heavy atom. The average molecular weight is 268 g/mol. The predicted molar refractivity (Wildman–Crippen MR) is 41.7 cm³/mol. The van der Waals surface area contributed by atoms with Gasteiger partial charge in [-0.2, -0.15) is 8.42 Å². The smallest absolute Gasteiger partial charge is 0.269 e. The van der Waals surface area contributed by atoms with Crippen LogP contribution in [0, 0.1) is 0 Å². The fourth-order valence-electron chi connectivity index (χ4n) is 0.785. The summed E-state index contributed by atoms with van der Waals surface area (Å²) >= 11 is 0. The Labute approximate surface area is 85.8 Å². The SMILES string of the molecule is O=S(=O)(O)Cc1ccccc1.[Mo]. The summed E-state index contributed by atoms with van der Waals surface area (Å²) in [7, 11) is -3.88. The first-order valence-electron chi connectivity index (χ1n) is 3.07. The molecule has 0 fully saturated rings. The molecule has 5 heteroatoms. The zero-order chi connectivity index (χ0) is 8.32. The molecule has 66 valence electrons. The van der Waals surface area contributed by atoms with Gasteiger partial charge in [0, 0.05) is 21.1 Å². The van der Waals surface area contributed by atoms with E-state index in [4.69, 9.17) is 4.55 Å². The molecule has 0 bridgehead atoms. The normalized spacial score (nSPS) is 10.4. The van der Waals surface area contributed by atoms with Crippen LogP contribution in [0.3, 0.4) is 0 Å². The second kappa shape index (κ2) is 4.75. The van der Waals surface area contributed by atoms with Crippen LogP contribution in [0.2, 0.25) is 0 Å². The number of hydrogen-bond donors (Lipinski definition) is 1. The molecule has 1 aromatic rings. The van der Waals surface area contributed by atoms with E-state index in [-0.39, 0.29) is 26.8 Å². The van der Waals surface area contributed by atoms with Crippen LogP contribution in [0.15, 0.2) is 30.3 Å². The van der Waals surface area contributed by atoms with Gasteiger partial charge in [0.25, 0.3) is 10.1 Å². The molecule has 3 nitrogen and oxygen atoms in total. The standard InChI is InChI=1S/C7H8O3S.Mo/c8-11(9,10)6-7-4-2-1-3-5-7;/h1-5H,6H2,(H,8,9,10);. The molecule has 0 amide bonds. The van der Waals surface area contributed by atoms with Crippen molar-refractivity contribution < 1.29 is 34.0 Å². The molecule has 0 saturated heterocycles. The minimum atomic E-state index is -3.88. The summed E-state index contributed by atoms with van der Waals surface area (Å²) in [6.45, 7) is 0. The third kappa shape index (κ3) is 4.65. The Morgan fingerprint density at radius 1 is 1.17 bits per heavy atom. The molecule has 0 aromatic heterocycles. The molecular formula is C7H8MoO3S. The van der Waals surface area contributed by atoms with Crippen LogP contribution in [0.5, 0.6) is 0 Å². The van der Waals surface area contributed by atoms with Gasteiger partial charge in [0.05, 0.1) is 0 Å². The quantitative estimate of drug-likeness (QED) is 0.645. The largest absolute Gasteiger partial charge is 0.285 e. The summed E-state index contributed by atoms with van der Waals surface area (Å²) in [6, 6.07) is 8.52. The first kappa shape index (κ1) is 11.8. The van der Waals surface area contributed by atoms with Crippen LogP contribution in [0.1, 0.15) is 5.56 Å². The molecule has 0 saturated carbocycles. The molecule has 0 spiro atoms. The van der Waals surface area contributed by atoms with Gasteiger partial charge in [-0.15, -0.1) is 0 Å². The molecular weight excluding hydrogens is 260 g/mol. The molecule has 0 atom stereocenters. The average Bonchev–Trinajstić information content (AvgIpc) is 1.85. The van der Waals surface area contributed by atoms with Gasteiger partial charge in [-0.25, -0.2) is 0 Å². The van der Waals surface area contributed by atoms with Crippen molar-refractivity contribution in [1.82, 2.24) is 0 Å². The summed E-state index contributed by atoms with van der Waals surface area (Å²) in [5.74, 6) is -0.312. The fourth-order valence-corrected chi connectivity index (χ4v) is 1.40. The van der Waals surface area contributed by atoms with Crippen molar-refractivity contribution in [2.24, 2.45) is 0 Å². The Bertz CT molecular complexity index is 320. The Hall–Kier alpha value is -0.182. The van der Waals surface area contributed by atoms with E-state index >= 15 is 0 Å². The number of hydrogen-bond acceptors (Lipinski definition) is 2. The Morgan fingerprint density at radius 2 is 1.67 bits per heavy atom. The van der Waals surface area contributed by atoms with Gasteiger partial charge in [-0.1, -0.05) is 30.3 Å². The van der Waals surface area contributed by atoms with Crippen molar-refractivity contribution >= 4 is 10.1 Å². The van der Waals surface area contributed by atoms with E-state index in [1.807, 2.05) is 0 Å². The summed E-state index contributed by atoms with van der Waals surface area (Å²) in [5, 5.41) is 0. The fraction of sp³-hybridized carbons (Fsp3) is 0.143. The van der Waals surface area contributed by atoms with Crippen LogP contribution in [0.4, 0.5) is 0 Å². The second-order valence-electron chi connectivity index (χ2n) is 2.21. The van der Waals surface area contributed by atoms with Gasteiger partial charge in [-0.05, 0) is 5.56 Å². The van der Waals surface area contributed by atoms with Crippen molar-refractivity contribution in [2.45, 2.75) is 5.75 Å². The first-order chi connectivity index (χ1) is 5.08. The van der Waals surface area contributed by atoms with Crippen LogP contribution in [-0.4, -0.2) is 13.0 Å². The van der Waals surface area contributed by atoms with Crippen molar-refractivity contribution in [2.75, 3.05) is 0 Å². The van der Waals surface area contributed by atoms with Crippen molar-refractivity contribution in [3.63, 3.8) is 0 Å². The minimum Gasteiger partial charge on any atom is -0.285 e. The predicted octanol–water partition coefficient (Wildman–Crippen LogP) is 1.07. The molecule has 1 rings (SSSR count). The summed E-state index contributed by atoms with van der Waals surface area (Å²) < 4.78 is 29.2. The summed E-state index contributed by atoms with van der Waals surface area (Å²) in [4.78, 5) is 0. The van der Waals surface area contributed by atoms with E-state index in [0.717, 1.165) is 0 Å². The van der Waals surface area contributed by atoms with Gasteiger partial charge >= 0.3 is 0 Å². The third-order valence-electron chi connectivity index (χ3n) is 1.19. The zero-order valence-electron chi connectivity index (χ0n) is 6.17. The molecule has 0 aliphatic heterocycles.